The molecule has 1 aromatic heterocycles. The first-order valence-corrected chi connectivity index (χ1v) is 11.3. The summed E-state index contributed by atoms with van der Waals surface area (Å²) >= 11 is 1.36. The van der Waals surface area contributed by atoms with Crippen LogP contribution in [0.4, 0.5) is 0 Å². The fourth-order valence-electron chi connectivity index (χ4n) is 2.98. The molecule has 0 atom stereocenters. The van der Waals surface area contributed by atoms with Crippen LogP contribution in [0.25, 0.3) is 11.1 Å². The van der Waals surface area contributed by atoms with Crippen LogP contribution in [-0.2, 0) is 22.7 Å². The van der Waals surface area contributed by atoms with Gasteiger partial charge in [-0.3, -0.25) is 4.79 Å². The molecule has 0 saturated heterocycles. The highest BCUT2D eigenvalue weighted by Gasteiger charge is 2.15. The normalized spacial score (nSPS) is 10.8. The summed E-state index contributed by atoms with van der Waals surface area (Å²) in [7, 11) is 1.65. The number of nitrogens with zero attached hydrogens (tertiary/aromatic N) is 3. The third kappa shape index (κ3) is 6.57. The quantitative estimate of drug-likeness (QED) is 0.432. The Hall–Kier alpha value is -2.84. The molecule has 2 aromatic carbocycles. The third-order valence-corrected chi connectivity index (χ3v) is 5.51. The monoisotopic (exact) mass is 440 g/mol. The highest BCUT2D eigenvalue weighted by molar-refractivity contribution is 7.99. The molecule has 1 N–H and O–H groups in total. The van der Waals surface area contributed by atoms with Crippen molar-refractivity contribution in [2.75, 3.05) is 26.0 Å². The zero-order valence-corrected chi connectivity index (χ0v) is 18.7. The van der Waals surface area contributed by atoms with E-state index in [0.717, 1.165) is 23.3 Å². The van der Waals surface area contributed by atoms with Gasteiger partial charge in [-0.15, -0.1) is 10.2 Å². The van der Waals surface area contributed by atoms with Gasteiger partial charge < -0.3 is 19.4 Å². The summed E-state index contributed by atoms with van der Waals surface area (Å²) in [6.07, 6.45) is 0.909. The van der Waals surface area contributed by atoms with Crippen LogP contribution in [0.2, 0.25) is 0 Å². The lowest BCUT2D eigenvalue weighted by molar-refractivity contribution is -0.118. The maximum atomic E-state index is 12.0. The summed E-state index contributed by atoms with van der Waals surface area (Å²) in [5, 5.41) is 12.1. The third-order valence-electron chi connectivity index (χ3n) is 4.55. The molecule has 0 spiro atoms. The van der Waals surface area contributed by atoms with Crippen molar-refractivity contribution in [2.45, 2.75) is 31.7 Å². The summed E-state index contributed by atoms with van der Waals surface area (Å²) in [5.74, 6) is 1.75. The summed E-state index contributed by atoms with van der Waals surface area (Å²) < 4.78 is 13.3. The fraction of sp³-hybridized carbons (Fsp3) is 0.348. The van der Waals surface area contributed by atoms with Crippen molar-refractivity contribution in [3.05, 3.63) is 60.4 Å². The van der Waals surface area contributed by atoms with E-state index < -0.39 is 0 Å². The van der Waals surface area contributed by atoms with Gasteiger partial charge in [-0.2, -0.15) is 0 Å². The standard InChI is InChI=1S/C23H28N4O3S/c1-3-13-24-22(28)17-31-23-26-25-21(27(23)14-15-29-2)16-30-20-12-8-7-11-19(20)18-9-5-4-6-10-18/h4-12H,3,13-17H2,1-2H3,(H,24,28). The SMILES string of the molecule is CCCNC(=O)CSc1nnc(COc2ccccc2-c2ccccc2)n1CCOC. The first-order valence-electron chi connectivity index (χ1n) is 10.3. The second-order valence-corrected chi connectivity index (χ2v) is 7.78. The lowest BCUT2D eigenvalue weighted by Gasteiger charge is -2.13. The molecule has 1 amide bonds. The van der Waals surface area contributed by atoms with E-state index in [0.29, 0.717) is 36.4 Å². The molecule has 0 aliphatic carbocycles. The molecule has 164 valence electrons. The average Bonchev–Trinajstić information content (AvgIpc) is 3.20. The summed E-state index contributed by atoms with van der Waals surface area (Å²) in [6, 6.07) is 18.1. The number of hydrogen-bond donors (Lipinski definition) is 1. The van der Waals surface area contributed by atoms with Crippen molar-refractivity contribution in [2.24, 2.45) is 0 Å². The molecule has 3 rings (SSSR count). The van der Waals surface area contributed by atoms with Gasteiger partial charge in [0.05, 0.1) is 12.4 Å². The van der Waals surface area contributed by atoms with Crippen molar-refractivity contribution in [1.29, 1.82) is 0 Å². The minimum Gasteiger partial charge on any atom is -0.485 e. The van der Waals surface area contributed by atoms with Crippen LogP contribution in [-0.4, -0.2) is 46.7 Å². The lowest BCUT2D eigenvalue weighted by Crippen LogP contribution is -2.25. The average molecular weight is 441 g/mol. The molecule has 0 radical (unpaired) electrons. The van der Waals surface area contributed by atoms with Crippen LogP contribution < -0.4 is 10.1 Å². The van der Waals surface area contributed by atoms with Crippen molar-refractivity contribution in [3.63, 3.8) is 0 Å². The highest BCUT2D eigenvalue weighted by Crippen LogP contribution is 2.30. The molecule has 0 unspecified atom stereocenters. The van der Waals surface area contributed by atoms with Crippen LogP contribution >= 0.6 is 11.8 Å². The first-order chi connectivity index (χ1) is 15.2. The number of aromatic nitrogens is 3. The number of benzene rings is 2. The molecule has 0 saturated carbocycles. The van der Waals surface area contributed by atoms with Crippen LogP contribution in [0, 0.1) is 0 Å². The molecule has 0 bridgehead atoms. The first kappa shape index (κ1) is 22.8. The molecule has 0 aliphatic rings. The van der Waals surface area contributed by atoms with Crippen molar-refractivity contribution in [1.82, 2.24) is 20.1 Å². The molecule has 0 aliphatic heterocycles. The number of hydrogen-bond acceptors (Lipinski definition) is 6. The van der Waals surface area contributed by atoms with Gasteiger partial charge in [-0.1, -0.05) is 67.2 Å². The second kappa shape index (κ2) is 12.1. The Morgan fingerprint density at radius 2 is 1.87 bits per heavy atom. The Morgan fingerprint density at radius 3 is 2.65 bits per heavy atom. The van der Waals surface area contributed by atoms with E-state index in [1.54, 1.807) is 7.11 Å². The Labute approximate surface area is 187 Å². The number of carbonyl (C=O) groups excluding carboxylic acids is 1. The van der Waals surface area contributed by atoms with E-state index >= 15 is 0 Å². The van der Waals surface area contributed by atoms with E-state index in [1.165, 1.54) is 11.8 Å². The predicted octanol–water partition coefficient (Wildman–Crippen LogP) is 3.79. The molecule has 1 heterocycles. The van der Waals surface area contributed by atoms with E-state index in [2.05, 4.69) is 27.6 Å². The highest BCUT2D eigenvalue weighted by atomic mass is 32.2. The van der Waals surface area contributed by atoms with Gasteiger partial charge in [-0.25, -0.2) is 0 Å². The van der Waals surface area contributed by atoms with Crippen LogP contribution in [0.1, 0.15) is 19.2 Å². The van der Waals surface area contributed by atoms with Crippen molar-refractivity contribution in [3.8, 4) is 16.9 Å². The largest absolute Gasteiger partial charge is 0.485 e. The van der Waals surface area contributed by atoms with Crippen molar-refractivity contribution < 1.29 is 14.3 Å². The molecular formula is C23H28N4O3S. The molecule has 7 nitrogen and oxygen atoms in total. The van der Waals surface area contributed by atoms with E-state index in [1.807, 2.05) is 54.0 Å². The van der Waals surface area contributed by atoms with Gasteiger partial charge in [0.2, 0.25) is 5.91 Å². The van der Waals surface area contributed by atoms with Crippen LogP contribution in [0.3, 0.4) is 0 Å². The topological polar surface area (TPSA) is 78.3 Å². The Balaban J connectivity index is 1.72. The minimum absolute atomic E-state index is 0.0114. The summed E-state index contributed by atoms with van der Waals surface area (Å²) in [5.41, 5.74) is 2.11. The number of nitrogens with one attached hydrogen (secondary N) is 1. The van der Waals surface area contributed by atoms with Gasteiger partial charge in [0.15, 0.2) is 11.0 Å². The number of rotatable bonds is 12. The number of carbonyl (C=O) groups is 1. The lowest BCUT2D eigenvalue weighted by atomic mass is 10.1. The Morgan fingerprint density at radius 1 is 1.10 bits per heavy atom. The van der Waals surface area contributed by atoms with Gasteiger partial charge in [0, 0.05) is 25.8 Å². The zero-order valence-electron chi connectivity index (χ0n) is 17.9. The van der Waals surface area contributed by atoms with Crippen LogP contribution in [0.5, 0.6) is 5.75 Å². The Bertz CT molecular complexity index is 962. The zero-order chi connectivity index (χ0) is 21.9. The van der Waals surface area contributed by atoms with Gasteiger partial charge in [0.25, 0.3) is 0 Å². The number of thioether (sulfide) groups is 1. The van der Waals surface area contributed by atoms with Gasteiger partial charge in [-0.05, 0) is 18.1 Å². The number of para-hydroxylation sites is 1. The minimum atomic E-state index is -0.0114. The van der Waals surface area contributed by atoms with Crippen LogP contribution in [0.15, 0.2) is 59.8 Å². The second-order valence-electron chi connectivity index (χ2n) is 6.83. The molecule has 0 fully saturated rings. The summed E-state index contributed by atoms with van der Waals surface area (Å²) in [4.78, 5) is 12.0. The van der Waals surface area contributed by atoms with E-state index in [-0.39, 0.29) is 12.5 Å². The van der Waals surface area contributed by atoms with E-state index in [4.69, 9.17) is 9.47 Å². The molecule has 31 heavy (non-hydrogen) atoms. The summed E-state index contributed by atoms with van der Waals surface area (Å²) in [6.45, 7) is 4.07. The maximum absolute atomic E-state index is 12.0. The van der Waals surface area contributed by atoms with E-state index in [9.17, 15) is 4.79 Å². The molecule has 8 heteroatoms. The predicted molar refractivity (Wildman–Crippen MR) is 122 cm³/mol. The van der Waals surface area contributed by atoms with Crippen molar-refractivity contribution >= 4 is 17.7 Å². The molecule has 3 aromatic rings. The fourth-order valence-corrected chi connectivity index (χ4v) is 3.79. The molecular weight excluding hydrogens is 412 g/mol. The van der Waals surface area contributed by atoms with Gasteiger partial charge in [0.1, 0.15) is 12.4 Å². The Kier molecular flexibility index (Phi) is 8.93. The maximum Gasteiger partial charge on any atom is 0.230 e. The smallest absolute Gasteiger partial charge is 0.230 e. The number of ether oxygens (including phenoxy) is 2. The number of methoxy groups -OCH3 is 1. The number of amides is 1. The van der Waals surface area contributed by atoms with Gasteiger partial charge >= 0.3 is 0 Å².